The number of halogens is 3. The van der Waals surface area contributed by atoms with Gasteiger partial charge in [0.1, 0.15) is 11.6 Å². The van der Waals surface area contributed by atoms with Gasteiger partial charge < -0.3 is 5.32 Å². The van der Waals surface area contributed by atoms with E-state index < -0.39 is 11.6 Å². The van der Waals surface area contributed by atoms with Gasteiger partial charge in [0, 0.05) is 18.2 Å². The van der Waals surface area contributed by atoms with Crippen LogP contribution in [0.4, 0.5) is 8.78 Å². The maximum absolute atomic E-state index is 13.8. The Labute approximate surface area is 117 Å². The van der Waals surface area contributed by atoms with E-state index in [4.69, 9.17) is 0 Å². The quantitative estimate of drug-likeness (QED) is 0.840. The monoisotopic (exact) mass is 281 g/mol. The first-order valence-electron chi connectivity index (χ1n) is 6.02. The summed E-state index contributed by atoms with van der Waals surface area (Å²) in [6.45, 7) is 1.69. The molecule has 1 aliphatic rings. The van der Waals surface area contributed by atoms with Crippen LogP contribution in [0.5, 0.6) is 0 Å². The fourth-order valence-electron chi connectivity index (χ4n) is 2.47. The van der Waals surface area contributed by atoms with Crippen molar-refractivity contribution in [3.05, 3.63) is 59.2 Å². The van der Waals surface area contributed by atoms with Gasteiger partial charge in [0.25, 0.3) is 0 Å². The van der Waals surface area contributed by atoms with E-state index in [2.05, 4.69) is 11.4 Å². The summed E-state index contributed by atoms with van der Waals surface area (Å²) in [7, 11) is 0. The number of fused-ring (bicyclic) bond motifs is 1. The first-order valence-corrected chi connectivity index (χ1v) is 6.02. The van der Waals surface area contributed by atoms with E-state index in [1.807, 2.05) is 12.1 Å². The Morgan fingerprint density at radius 1 is 1.00 bits per heavy atom. The summed E-state index contributed by atoms with van der Waals surface area (Å²) in [6, 6.07) is 9.64. The van der Waals surface area contributed by atoms with Crippen LogP contribution in [0.3, 0.4) is 0 Å². The lowest BCUT2D eigenvalue weighted by Gasteiger charge is -2.20. The van der Waals surface area contributed by atoms with Crippen LogP contribution in [-0.4, -0.2) is 6.54 Å². The molecule has 1 nitrogen and oxygen atoms in total. The van der Waals surface area contributed by atoms with Crippen molar-refractivity contribution in [2.75, 3.05) is 6.54 Å². The van der Waals surface area contributed by atoms with Crippen molar-refractivity contribution in [2.45, 2.75) is 13.0 Å². The Hall–Kier alpha value is -1.45. The van der Waals surface area contributed by atoms with E-state index in [9.17, 15) is 8.78 Å². The predicted octanol–water partition coefficient (Wildman–Crippen LogP) is 3.70. The van der Waals surface area contributed by atoms with E-state index in [0.717, 1.165) is 36.7 Å². The summed E-state index contributed by atoms with van der Waals surface area (Å²) in [6.07, 6.45) is 0.950. The maximum atomic E-state index is 13.8. The molecule has 0 spiro atoms. The molecule has 19 heavy (non-hydrogen) atoms. The van der Waals surface area contributed by atoms with E-state index in [0.29, 0.717) is 5.56 Å². The highest BCUT2D eigenvalue weighted by molar-refractivity contribution is 5.85. The lowest BCUT2D eigenvalue weighted by molar-refractivity contribution is 0.585. The van der Waals surface area contributed by atoms with Gasteiger partial charge in [-0.15, -0.1) is 12.4 Å². The molecule has 0 amide bonds. The Bertz CT molecular complexity index is 599. The molecule has 1 N–H and O–H groups in total. The topological polar surface area (TPSA) is 12.0 Å². The molecule has 0 aromatic heterocycles. The summed E-state index contributed by atoms with van der Waals surface area (Å²) in [5.41, 5.74) is 3.69. The molecular weight excluding hydrogens is 268 g/mol. The third-order valence-corrected chi connectivity index (χ3v) is 3.37. The molecule has 3 rings (SSSR count). The van der Waals surface area contributed by atoms with Gasteiger partial charge in [-0.1, -0.05) is 18.2 Å². The van der Waals surface area contributed by atoms with Crippen LogP contribution in [0.15, 0.2) is 36.4 Å². The van der Waals surface area contributed by atoms with E-state index in [1.54, 1.807) is 0 Å². The van der Waals surface area contributed by atoms with Crippen LogP contribution in [0.25, 0.3) is 11.1 Å². The highest BCUT2D eigenvalue weighted by atomic mass is 35.5. The Morgan fingerprint density at radius 2 is 1.84 bits per heavy atom. The molecule has 0 bridgehead atoms. The molecule has 100 valence electrons. The van der Waals surface area contributed by atoms with Crippen LogP contribution < -0.4 is 5.32 Å². The lowest BCUT2D eigenvalue weighted by Crippen LogP contribution is -2.24. The van der Waals surface area contributed by atoms with Crippen LogP contribution in [0.2, 0.25) is 0 Å². The van der Waals surface area contributed by atoms with Crippen molar-refractivity contribution in [1.29, 1.82) is 0 Å². The standard InChI is InChI=1S/C15H13F2N.ClH/c16-11-4-5-13(15(17)8-11)12-3-1-2-10-6-7-18-9-14(10)12;/h1-5,8,18H,6-7,9H2;1H. The second-order valence-corrected chi connectivity index (χ2v) is 4.49. The number of rotatable bonds is 1. The zero-order valence-electron chi connectivity index (χ0n) is 10.2. The average molecular weight is 282 g/mol. The second-order valence-electron chi connectivity index (χ2n) is 4.49. The molecule has 0 unspecified atom stereocenters. The van der Waals surface area contributed by atoms with E-state index in [-0.39, 0.29) is 12.4 Å². The van der Waals surface area contributed by atoms with Crippen molar-refractivity contribution in [2.24, 2.45) is 0 Å². The molecule has 0 atom stereocenters. The van der Waals surface area contributed by atoms with Crippen molar-refractivity contribution < 1.29 is 8.78 Å². The maximum Gasteiger partial charge on any atom is 0.133 e. The normalized spacial score (nSPS) is 13.6. The Balaban J connectivity index is 0.00000133. The molecule has 0 saturated carbocycles. The summed E-state index contributed by atoms with van der Waals surface area (Å²) >= 11 is 0. The number of hydrogen-bond donors (Lipinski definition) is 1. The first-order chi connectivity index (χ1) is 8.75. The van der Waals surface area contributed by atoms with Crippen molar-refractivity contribution in [3.8, 4) is 11.1 Å². The predicted molar refractivity (Wildman–Crippen MR) is 74.5 cm³/mol. The van der Waals surface area contributed by atoms with Gasteiger partial charge in [-0.2, -0.15) is 0 Å². The van der Waals surface area contributed by atoms with Gasteiger partial charge >= 0.3 is 0 Å². The minimum atomic E-state index is -0.542. The van der Waals surface area contributed by atoms with Gasteiger partial charge in [0.05, 0.1) is 0 Å². The first kappa shape index (κ1) is 14.0. The SMILES string of the molecule is Cl.Fc1ccc(-c2cccc3c2CNCC3)c(F)c1. The Kier molecular flexibility index (Phi) is 4.17. The fraction of sp³-hybridized carbons (Fsp3) is 0.200. The fourth-order valence-corrected chi connectivity index (χ4v) is 2.47. The smallest absolute Gasteiger partial charge is 0.133 e. The molecule has 2 aromatic carbocycles. The zero-order chi connectivity index (χ0) is 12.5. The van der Waals surface area contributed by atoms with Gasteiger partial charge in [0.15, 0.2) is 0 Å². The summed E-state index contributed by atoms with van der Waals surface area (Å²) in [4.78, 5) is 0. The minimum absolute atomic E-state index is 0. The highest BCUT2D eigenvalue weighted by Crippen LogP contribution is 2.30. The highest BCUT2D eigenvalue weighted by Gasteiger charge is 2.15. The molecule has 0 fully saturated rings. The molecule has 2 aromatic rings. The van der Waals surface area contributed by atoms with Gasteiger partial charge in [-0.05, 0) is 41.8 Å². The van der Waals surface area contributed by atoms with E-state index in [1.165, 1.54) is 17.7 Å². The number of hydrogen-bond acceptors (Lipinski definition) is 1. The molecule has 1 heterocycles. The Morgan fingerprint density at radius 3 is 2.63 bits per heavy atom. The molecular formula is C15H14ClF2N. The van der Waals surface area contributed by atoms with Gasteiger partial charge in [0.2, 0.25) is 0 Å². The minimum Gasteiger partial charge on any atom is -0.312 e. The lowest BCUT2D eigenvalue weighted by atomic mass is 9.92. The van der Waals surface area contributed by atoms with Crippen molar-refractivity contribution in [1.82, 2.24) is 5.32 Å². The third-order valence-electron chi connectivity index (χ3n) is 3.37. The molecule has 1 aliphatic heterocycles. The van der Waals surface area contributed by atoms with Crippen LogP contribution in [-0.2, 0) is 13.0 Å². The molecule has 0 saturated heterocycles. The largest absolute Gasteiger partial charge is 0.312 e. The number of nitrogens with one attached hydrogen (secondary N) is 1. The second kappa shape index (κ2) is 5.68. The summed E-state index contributed by atoms with van der Waals surface area (Å²) < 4.78 is 26.8. The third kappa shape index (κ3) is 2.62. The summed E-state index contributed by atoms with van der Waals surface area (Å²) in [5, 5.41) is 3.29. The molecule has 0 radical (unpaired) electrons. The number of benzene rings is 2. The van der Waals surface area contributed by atoms with Gasteiger partial charge in [-0.25, -0.2) is 8.78 Å². The molecule has 0 aliphatic carbocycles. The average Bonchev–Trinajstić information content (AvgIpc) is 2.38. The van der Waals surface area contributed by atoms with Crippen LogP contribution >= 0.6 is 12.4 Å². The van der Waals surface area contributed by atoms with Gasteiger partial charge in [-0.3, -0.25) is 0 Å². The zero-order valence-corrected chi connectivity index (χ0v) is 11.1. The van der Waals surface area contributed by atoms with Crippen LogP contribution in [0.1, 0.15) is 11.1 Å². The summed E-state index contributed by atoms with van der Waals surface area (Å²) in [5.74, 6) is -1.05. The van der Waals surface area contributed by atoms with Crippen molar-refractivity contribution in [3.63, 3.8) is 0 Å². The van der Waals surface area contributed by atoms with E-state index >= 15 is 0 Å². The molecule has 4 heteroatoms. The van der Waals surface area contributed by atoms with Crippen molar-refractivity contribution >= 4 is 12.4 Å². The van der Waals surface area contributed by atoms with Crippen LogP contribution in [0, 0.1) is 11.6 Å².